The molecule has 0 aromatic carbocycles. The summed E-state index contributed by atoms with van der Waals surface area (Å²) in [6.07, 6.45) is 4.14. The smallest absolute Gasteiger partial charge is 0.398 e. The maximum absolute atomic E-state index is 11.4. The van der Waals surface area contributed by atoms with Gasteiger partial charge in [0.1, 0.15) is 5.71 Å². The summed E-state index contributed by atoms with van der Waals surface area (Å²) in [6, 6.07) is 0. The summed E-state index contributed by atoms with van der Waals surface area (Å²) in [6.45, 7) is 2.20. The average Bonchev–Trinajstić information content (AvgIpc) is 2.36. The van der Waals surface area contributed by atoms with Gasteiger partial charge < -0.3 is 4.74 Å². The summed E-state index contributed by atoms with van der Waals surface area (Å²) in [5.41, 5.74) is 4.22. The van der Waals surface area contributed by atoms with Crippen LogP contribution in [0.2, 0.25) is 0 Å². The number of aliphatic imine (C=N–C) groups is 1. The van der Waals surface area contributed by atoms with E-state index in [0.29, 0.717) is 6.54 Å². The van der Waals surface area contributed by atoms with Crippen LogP contribution in [0.1, 0.15) is 13.3 Å². The summed E-state index contributed by atoms with van der Waals surface area (Å²) in [4.78, 5) is 37.3. The molecular weight excluding hydrogens is 226 g/mol. The van der Waals surface area contributed by atoms with Gasteiger partial charge in [0.2, 0.25) is 0 Å². The first-order chi connectivity index (χ1) is 8.15. The van der Waals surface area contributed by atoms with Gasteiger partial charge in [-0.15, -0.1) is 0 Å². The number of nitrogens with one attached hydrogen (secondary N) is 2. The number of ether oxygens (including phenoxy) is 1. The molecule has 92 valence electrons. The fraction of sp³-hybridized carbons (Fsp3) is 0.400. The highest BCUT2D eigenvalue weighted by Gasteiger charge is 2.16. The van der Waals surface area contributed by atoms with Gasteiger partial charge in [0, 0.05) is 6.54 Å². The molecule has 17 heavy (non-hydrogen) atoms. The van der Waals surface area contributed by atoms with E-state index in [0.717, 1.165) is 6.42 Å². The van der Waals surface area contributed by atoms with Crippen LogP contribution in [-0.2, 0) is 19.1 Å². The molecule has 2 N–H and O–H groups in total. The molecule has 1 heterocycles. The minimum Gasteiger partial charge on any atom is -0.459 e. The van der Waals surface area contributed by atoms with E-state index in [1.54, 1.807) is 19.1 Å². The van der Waals surface area contributed by atoms with Gasteiger partial charge in [-0.2, -0.15) is 0 Å². The van der Waals surface area contributed by atoms with Gasteiger partial charge in [-0.25, -0.2) is 4.79 Å². The highest BCUT2D eigenvalue weighted by molar-refractivity contribution is 6.44. The number of dihydropyridines is 1. The van der Waals surface area contributed by atoms with Crippen LogP contribution in [0.15, 0.2) is 17.1 Å². The van der Waals surface area contributed by atoms with Gasteiger partial charge in [0.15, 0.2) is 0 Å². The standard InChI is InChI=1S/C10H13N3O4/c1-2-17-10(16)9(15)13-12-8(14)7-5-3-4-6-11-7/h3,5H,2,4,6H2,1H3,(H,12,14)(H,13,15). The van der Waals surface area contributed by atoms with Crippen LogP contribution >= 0.6 is 0 Å². The lowest BCUT2D eigenvalue weighted by Gasteiger charge is -2.08. The maximum Gasteiger partial charge on any atom is 0.398 e. The van der Waals surface area contributed by atoms with Crippen LogP contribution in [-0.4, -0.2) is 36.6 Å². The first kappa shape index (κ1) is 12.9. The minimum absolute atomic E-state index is 0.0929. The quantitative estimate of drug-likeness (QED) is 0.370. The summed E-state index contributed by atoms with van der Waals surface area (Å²) in [5.74, 6) is -2.65. The number of hydrogen-bond donors (Lipinski definition) is 2. The zero-order valence-electron chi connectivity index (χ0n) is 9.36. The number of hydrogen-bond acceptors (Lipinski definition) is 5. The van der Waals surface area contributed by atoms with Gasteiger partial charge in [0.25, 0.3) is 5.91 Å². The normalized spacial score (nSPS) is 13.6. The molecule has 0 saturated carbocycles. The molecule has 0 unspecified atom stereocenters. The largest absolute Gasteiger partial charge is 0.459 e. The van der Waals surface area contributed by atoms with Crippen LogP contribution in [0.25, 0.3) is 0 Å². The summed E-state index contributed by atoms with van der Waals surface area (Å²) >= 11 is 0. The lowest BCUT2D eigenvalue weighted by molar-refractivity contribution is -0.155. The predicted octanol–water partition coefficient (Wildman–Crippen LogP) is -0.902. The van der Waals surface area contributed by atoms with E-state index in [4.69, 9.17) is 0 Å². The van der Waals surface area contributed by atoms with E-state index in [1.807, 2.05) is 5.43 Å². The Kier molecular flexibility index (Phi) is 4.86. The van der Waals surface area contributed by atoms with Crippen molar-refractivity contribution in [1.29, 1.82) is 0 Å². The maximum atomic E-state index is 11.4. The topological polar surface area (TPSA) is 96.9 Å². The van der Waals surface area contributed by atoms with Crippen molar-refractivity contribution in [3.63, 3.8) is 0 Å². The Labute approximate surface area is 97.9 Å². The molecule has 1 aliphatic heterocycles. The lowest BCUT2D eigenvalue weighted by Crippen LogP contribution is -2.47. The monoisotopic (exact) mass is 239 g/mol. The molecule has 7 nitrogen and oxygen atoms in total. The van der Waals surface area contributed by atoms with E-state index < -0.39 is 17.8 Å². The molecule has 0 bridgehead atoms. The van der Waals surface area contributed by atoms with E-state index in [-0.39, 0.29) is 12.3 Å². The summed E-state index contributed by atoms with van der Waals surface area (Å²) in [7, 11) is 0. The number of amides is 2. The Hall–Kier alpha value is -2.18. The van der Waals surface area contributed by atoms with Gasteiger partial charge in [-0.3, -0.25) is 25.4 Å². The van der Waals surface area contributed by atoms with E-state index in [2.05, 4.69) is 15.2 Å². The van der Waals surface area contributed by atoms with E-state index >= 15 is 0 Å². The van der Waals surface area contributed by atoms with Crippen LogP contribution in [0.4, 0.5) is 0 Å². The van der Waals surface area contributed by atoms with Crippen LogP contribution < -0.4 is 10.9 Å². The molecule has 0 aliphatic carbocycles. The second-order valence-electron chi connectivity index (χ2n) is 3.09. The lowest BCUT2D eigenvalue weighted by atomic mass is 10.2. The van der Waals surface area contributed by atoms with Gasteiger partial charge in [0.05, 0.1) is 6.61 Å². The SMILES string of the molecule is CCOC(=O)C(=O)NNC(=O)C1=NCCC=C1. The van der Waals surface area contributed by atoms with Crippen molar-refractivity contribution in [3.05, 3.63) is 12.2 Å². The molecule has 0 radical (unpaired) electrons. The number of nitrogens with zero attached hydrogens (tertiary/aromatic N) is 1. The van der Waals surface area contributed by atoms with Crippen molar-refractivity contribution in [2.24, 2.45) is 4.99 Å². The number of carbonyl (C=O) groups excluding carboxylic acids is 3. The Balaban J connectivity index is 2.38. The second-order valence-corrected chi connectivity index (χ2v) is 3.09. The van der Waals surface area contributed by atoms with Gasteiger partial charge in [-0.1, -0.05) is 6.08 Å². The molecular formula is C10H13N3O4. The number of carbonyl (C=O) groups is 3. The molecule has 1 rings (SSSR count). The van der Waals surface area contributed by atoms with Crippen molar-refractivity contribution in [1.82, 2.24) is 10.9 Å². The summed E-state index contributed by atoms with van der Waals surface area (Å²) < 4.78 is 4.43. The summed E-state index contributed by atoms with van der Waals surface area (Å²) in [5, 5.41) is 0. The third-order valence-corrected chi connectivity index (χ3v) is 1.84. The second kappa shape index (κ2) is 6.41. The zero-order chi connectivity index (χ0) is 12.7. The van der Waals surface area contributed by atoms with Crippen LogP contribution in [0.5, 0.6) is 0 Å². The van der Waals surface area contributed by atoms with Crippen molar-refractivity contribution in [2.75, 3.05) is 13.2 Å². The first-order valence-corrected chi connectivity index (χ1v) is 5.13. The van der Waals surface area contributed by atoms with Gasteiger partial charge >= 0.3 is 11.9 Å². The molecule has 0 aromatic heterocycles. The fourth-order valence-electron chi connectivity index (χ4n) is 1.08. The van der Waals surface area contributed by atoms with Crippen molar-refractivity contribution in [3.8, 4) is 0 Å². The minimum atomic E-state index is -1.05. The number of rotatable bonds is 2. The van der Waals surface area contributed by atoms with Crippen molar-refractivity contribution < 1.29 is 19.1 Å². The molecule has 0 saturated heterocycles. The van der Waals surface area contributed by atoms with Crippen LogP contribution in [0.3, 0.4) is 0 Å². The third kappa shape index (κ3) is 4.06. The molecule has 1 aliphatic rings. The number of esters is 1. The van der Waals surface area contributed by atoms with Crippen LogP contribution in [0, 0.1) is 0 Å². The zero-order valence-corrected chi connectivity index (χ0v) is 9.36. The predicted molar refractivity (Wildman–Crippen MR) is 59.0 cm³/mol. The van der Waals surface area contributed by atoms with Crippen molar-refractivity contribution in [2.45, 2.75) is 13.3 Å². The van der Waals surface area contributed by atoms with E-state index in [9.17, 15) is 14.4 Å². The highest BCUT2D eigenvalue weighted by atomic mass is 16.5. The molecule has 0 fully saturated rings. The number of hydrazine groups is 1. The Morgan fingerprint density at radius 3 is 2.76 bits per heavy atom. The molecule has 0 spiro atoms. The van der Waals surface area contributed by atoms with Gasteiger partial charge in [-0.05, 0) is 19.4 Å². The molecule has 0 atom stereocenters. The molecule has 7 heteroatoms. The third-order valence-electron chi connectivity index (χ3n) is 1.84. The molecule has 0 aromatic rings. The highest BCUT2D eigenvalue weighted by Crippen LogP contribution is 1.95. The fourth-order valence-corrected chi connectivity index (χ4v) is 1.08. The van der Waals surface area contributed by atoms with E-state index in [1.165, 1.54) is 0 Å². The first-order valence-electron chi connectivity index (χ1n) is 5.13. The Morgan fingerprint density at radius 1 is 1.41 bits per heavy atom. The average molecular weight is 239 g/mol. The molecule has 2 amide bonds. The Morgan fingerprint density at radius 2 is 2.18 bits per heavy atom. The van der Waals surface area contributed by atoms with Crippen molar-refractivity contribution >= 4 is 23.5 Å². The Bertz CT molecular complexity index is 387.